The number of thioether (sulfide) groups is 1. The lowest BCUT2D eigenvalue weighted by atomic mass is 10.2. The van der Waals surface area contributed by atoms with Gasteiger partial charge in [-0.15, -0.1) is 11.8 Å². The number of hydrogen-bond acceptors (Lipinski definition) is 3. The summed E-state index contributed by atoms with van der Waals surface area (Å²) in [6.07, 6.45) is 2.00. The van der Waals surface area contributed by atoms with Gasteiger partial charge in [0.2, 0.25) is 0 Å². The molecule has 0 radical (unpaired) electrons. The van der Waals surface area contributed by atoms with E-state index < -0.39 is 5.97 Å². The highest BCUT2D eigenvalue weighted by Gasteiger charge is 2.18. The van der Waals surface area contributed by atoms with E-state index >= 15 is 0 Å². The molecule has 124 valence electrons. The largest absolute Gasteiger partial charge is 0.480 e. The Bertz CT molecular complexity index is 903. The van der Waals surface area contributed by atoms with Gasteiger partial charge in [0.25, 0.3) is 0 Å². The number of carboxylic acid groups (broad SMARTS) is 1. The first-order chi connectivity index (χ1) is 11.5. The number of aromatic nitrogens is 1. The van der Waals surface area contributed by atoms with Crippen LogP contribution in [0.5, 0.6) is 11.5 Å². The van der Waals surface area contributed by atoms with Gasteiger partial charge in [-0.05, 0) is 55.6 Å². The van der Waals surface area contributed by atoms with Gasteiger partial charge in [-0.25, -0.2) is 0 Å². The quantitative estimate of drug-likeness (QED) is 0.634. The Morgan fingerprint density at radius 3 is 2.58 bits per heavy atom. The molecule has 0 aliphatic heterocycles. The summed E-state index contributed by atoms with van der Waals surface area (Å²) in [6.45, 7) is 1.76. The smallest absolute Gasteiger partial charge is 0.323 e. The van der Waals surface area contributed by atoms with Crippen LogP contribution in [0.1, 0.15) is 5.69 Å². The van der Waals surface area contributed by atoms with Gasteiger partial charge in [-0.3, -0.25) is 4.79 Å². The molecule has 2 aromatic carbocycles. The average molecular weight is 362 g/mol. The van der Waals surface area contributed by atoms with Crippen LogP contribution in [0.2, 0.25) is 5.02 Å². The van der Waals surface area contributed by atoms with Gasteiger partial charge in [-0.1, -0.05) is 11.6 Å². The number of fused-ring (bicyclic) bond motifs is 1. The monoisotopic (exact) mass is 361 g/mol. The molecule has 3 rings (SSSR count). The first kappa shape index (κ1) is 16.7. The van der Waals surface area contributed by atoms with Crippen LogP contribution in [0.4, 0.5) is 0 Å². The fraction of sp³-hybridized carbons (Fsp3) is 0.167. The lowest BCUT2D eigenvalue weighted by Crippen LogP contribution is -2.09. The van der Waals surface area contributed by atoms with Gasteiger partial charge in [0.1, 0.15) is 12.3 Å². The van der Waals surface area contributed by atoms with Crippen LogP contribution in [0.25, 0.3) is 10.9 Å². The minimum Gasteiger partial charge on any atom is -0.480 e. The third-order valence-electron chi connectivity index (χ3n) is 3.80. The summed E-state index contributed by atoms with van der Waals surface area (Å²) in [5.41, 5.74) is 1.62. The number of rotatable bonds is 5. The van der Waals surface area contributed by atoms with Crippen molar-refractivity contribution in [3.05, 3.63) is 53.2 Å². The fourth-order valence-electron chi connectivity index (χ4n) is 2.65. The normalized spacial score (nSPS) is 11.0. The maximum atomic E-state index is 11.2. The number of carboxylic acids is 1. The highest BCUT2D eigenvalue weighted by molar-refractivity contribution is 7.98. The lowest BCUT2D eigenvalue weighted by molar-refractivity contribution is -0.137. The molecule has 0 amide bonds. The van der Waals surface area contributed by atoms with Crippen molar-refractivity contribution >= 4 is 40.2 Å². The summed E-state index contributed by atoms with van der Waals surface area (Å²) < 4.78 is 7.81. The summed E-state index contributed by atoms with van der Waals surface area (Å²) in [4.78, 5) is 12.3. The molecule has 1 N–H and O–H groups in total. The number of carbonyl (C=O) groups is 1. The number of nitrogens with zero attached hydrogens (tertiary/aromatic N) is 1. The zero-order valence-electron chi connectivity index (χ0n) is 13.2. The van der Waals surface area contributed by atoms with Gasteiger partial charge in [0, 0.05) is 15.3 Å². The molecule has 0 bridgehead atoms. The molecule has 0 unspecified atom stereocenters. The van der Waals surface area contributed by atoms with Crippen LogP contribution in [-0.4, -0.2) is 21.9 Å². The number of ether oxygens (including phenoxy) is 1. The van der Waals surface area contributed by atoms with Gasteiger partial charge >= 0.3 is 5.97 Å². The molecular weight excluding hydrogens is 346 g/mol. The van der Waals surface area contributed by atoms with E-state index in [-0.39, 0.29) is 6.54 Å². The summed E-state index contributed by atoms with van der Waals surface area (Å²) in [5, 5.41) is 10.7. The van der Waals surface area contributed by atoms with Crippen LogP contribution >= 0.6 is 23.4 Å². The van der Waals surface area contributed by atoms with E-state index in [0.29, 0.717) is 16.5 Å². The van der Waals surface area contributed by atoms with E-state index in [9.17, 15) is 9.90 Å². The van der Waals surface area contributed by atoms with Crippen LogP contribution < -0.4 is 4.74 Å². The molecule has 0 spiro atoms. The van der Waals surface area contributed by atoms with E-state index in [1.165, 1.54) is 0 Å². The topological polar surface area (TPSA) is 51.5 Å². The molecule has 0 aliphatic rings. The van der Waals surface area contributed by atoms with Crippen LogP contribution in [0.3, 0.4) is 0 Å². The second-order valence-electron chi connectivity index (χ2n) is 5.33. The highest BCUT2D eigenvalue weighted by atomic mass is 35.5. The minimum atomic E-state index is -0.887. The van der Waals surface area contributed by atoms with Crippen molar-refractivity contribution in [2.75, 3.05) is 6.26 Å². The van der Waals surface area contributed by atoms with Crippen LogP contribution in [-0.2, 0) is 11.3 Å². The second-order valence-corrected chi connectivity index (χ2v) is 6.65. The maximum Gasteiger partial charge on any atom is 0.323 e. The summed E-state index contributed by atoms with van der Waals surface area (Å²) >= 11 is 7.55. The van der Waals surface area contributed by atoms with Gasteiger partial charge in [0.05, 0.1) is 11.2 Å². The molecular formula is C18H16ClNO3S. The van der Waals surface area contributed by atoms with Crippen molar-refractivity contribution in [3.8, 4) is 11.5 Å². The van der Waals surface area contributed by atoms with Crippen molar-refractivity contribution in [2.45, 2.75) is 18.4 Å². The number of halogens is 1. The second kappa shape index (κ2) is 6.79. The van der Waals surface area contributed by atoms with Crippen LogP contribution in [0, 0.1) is 6.92 Å². The molecule has 1 heterocycles. The third kappa shape index (κ3) is 3.23. The molecule has 6 heteroatoms. The first-order valence-electron chi connectivity index (χ1n) is 7.31. The Balaban J connectivity index is 2.15. The van der Waals surface area contributed by atoms with Crippen molar-refractivity contribution in [1.82, 2.24) is 4.57 Å². The Hall–Kier alpha value is -2.11. The summed E-state index contributed by atoms with van der Waals surface area (Å²) in [5.74, 6) is 0.442. The minimum absolute atomic E-state index is 0.106. The van der Waals surface area contributed by atoms with E-state index in [1.807, 2.05) is 31.4 Å². The SMILES string of the molecule is CSc1ccc2c(c1)c(Oc1ccc(Cl)cc1)c(C)n2CC(=O)O. The maximum absolute atomic E-state index is 11.2. The molecule has 0 fully saturated rings. The van der Waals surface area contributed by atoms with Crippen molar-refractivity contribution in [3.63, 3.8) is 0 Å². The molecule has 24 heavy (non-hydrogen) atoms. The van der Waals surface area contributed by atoms with Gasteiger partial charge in [0.15, 0.2) is 5.75 Å². The van der Waals surface area contributed by atoms with Gasteiger partial charge < -0.3 is 14.4 Å². The Morgan fingerprint density at radius 2 is 1.96 bits per heavy atom. The average Bonchev–Trinajstić information content (AvgIpc) is 2.81. The third-order valence-corrected chi connectivity index (χ3v) is 4.78. The number of benzene rings is 2. The molecule has 1 aromatic heterocycles. The summed E-state index contributed by atoms with van der Waals surface area (Å²) in [7, 11) is 0. The Morgan fingerprint density at radius 1 is 1.25 bits per heavy atom. The number of hydrogen-bond donors (Lipinski definition) is 1. The lowest BCUT2D eigenvalue weighted by Gasteiger charge is -2.07. The molecule has 0 saturated carbocycles. The zero-order valence-corrected chi connectivity index (χ0v) is 14.8. The molecule has 3 aromatic rings. The highest BCUT2D eigenvalue weighted by Crippen LogP contribution is 2.38. The first-order valence-corrected chi connectivity index (χ1v) is 8.92. The zero-order chi connectivity index (χ0) is 17.3. The van der Waals surface area contributed by atoms with Gasteiger partial charge in [-0.2, -0.15) is 0 Å². The van der Waals surface area contributed by atoms with E-state index in [4.69, 9.17) is 16.3 Å². The molecule has 0 aliphatic carbocycles. The van der Waals surface area contributed by atoms with Crippen molar-refractivity contribution in [2.24, 2.45) is 0 Å². The van der Waals surface area contributed by atoms with Crippen LogP contribution in [0.15, 0.2) is 47.4 Å². The standard InChI is InChI=1S/C18H16ClNO3S/c1-11-18(23-13-5-3-12(19)4-6-13)15-9-14(24-2)7-8-16(15)20(11)10-17(21)22/h3-9H,10H2,1-2H3,(H,21,22). The molecule has 0 atom stereocenters. The molecule has 0 saturated heterocycles. The predicted molar refractivity (Wildman–Crippen MR) is 97.6 cm³/mol. The summed E-state index contributed by atoms with van der Waals surface area (Å²) in [6, 6.07) is 13.0. The van der Waals surface area contributed by atoms with E-state index in [2.05, 4.69) is 0 Å². The van der Waals surface area contributed by atoms with E-state index in [1.54, 1.807) is 40.6 Å². The molecule has 4 nitrogen and oxygen atoms in total. The number of aliphatic carboxylic acids is 1. The van der Waals surface area contributed by atoms with Crippen molar-refractivity contribution < 1.29 is 14.6 Å². The van der Waals surface area contributed by atoms with Crippen molar-refractivity contribution in [1.29, 1.82) is 0 Å². The Labute approximate surface area is 149 Å². The Kier molecular flexibility index (Phi) is 4.73. The predicted octanol–water partition coefficient (Wildman–Crippen LogP) is 5.20. The van der Waals surface area contributed by atoms with E-state index in [0.717, 1.165) is 21.5 Å². The fourth-order valence-corrected chi connectivity index (χ4v) is 3.21.